The molecule has 8 nitrogen and oxygen atoms in total. The highest BCUT2D eigenvalue weighted by atomic mass is 28.3. The molecule has 1 spiro atoms. The van der Waals surface area contributed by atoms with Gasteiger partial charge in [0.1, 0.15) is 24.1 Å². The molecule has 0 atom stereocenters. The molecule has 0 bridgehead atoms. The number of benzene rings is 1. The van der Waals surface area contributed by atoms with Crippen molar-refractivity contribution < 1.29 is 13.9 Å². The Morgan fingerprint density at radius 1 is 1.11 bits per heavy atom. The summed E-state index contributed by atoms with van der Waals surface area (Å²) in [5, 5.41) is 10.3. The van der Waals surface area contributed by atoms with Crippen molar-refractivity contribution in [2.24, 2.45) is 5.41 Å². The van der Waals surface area contributed by atoms with Crippen LogP contribution in [0.15, 0.2) is 30.5 Å². The monoisotopic (exact) mass is 506 g/mol. The maximum Gasteiger partial charge on any atom is 0.222 e. The van der Waals surface area contributed by atoms with Gasteiger partial charge in [-0.05, 0) is 50.1 Å². The van der Waals surface area contributed by atoms with Crippen molar-refractivity contribution in [3.63, 3.8) is 0 Å². The summed E-state index contributed by atoms with van der Waals surface area (Å²) in [7, 11) is -1.18. The zero-order chi connectivity index (χ0) is 25.1. The summed E-state index contributed by atoms with van der Waals surface area (Å²) in [6.45, 7) is 11.4. The van der Waals surface area contributed by atoms with Gasteiger partial charge in [0.05, 0.1) is 36.0 Å². The number of hydrogen-bond acceptors (Lipinski definition) is 6. The fourth-order valence-electron chi connectivity index (χ4n) is 4.67. The number of halogens is 1. The smallest absolute Gasteiger partial charge is 0.222 e. The Balaban J connectivity index is 1.44. The van der Waals surface area contributed by atoms with Crippen molar-refractivity contribution in [3.05, 3.63) is 42.1 Å². The number of ether oxygens (including phenoxy) is 2. The second-order valence-corrected chi connectivity index (χ2v) is 17.0. The van der Waals surface area contributed by atoms with Crippen molar-refractivity contribution in [1.82, 2.24) is 29.5 Å². The van der Waals surface area contributed by atoms with Crippen LogP contribution < -0.4 is 4.74 Å². The van der Waals surface area contributed by atoms with Crippen LogP contribution in [0.2, 0.25) is 25.7 Å². The fourth-order valence-corrected chi connectivity index (χ4v) is 5.42. The zero-order valence-corrected chi connectivity index (χ0v) is 22.2. The molecule has 1 fully saturated rings. The van der Waals surface area contributed by atoms with Gasteiger partial charge in [-0.15, -0.1) is 0 Å². The lowest BCUT2D eigenvalue weighted by molar-refractivity contribution is 0.0812. The Morgan fingerprint density at radius 3 is 2.61 bits per heavy atom. The largest absolute Gasteiger partial charge is 0.477 e. The summed E-state index contributed by atoms with van der Waals surface area (Å²) in [5.74, 6) is 1.04. The SMILES string of the molecule is Cc1nc(-c2c(-c3ccc(F)cc3)nn3c2OCC2(CC2)C3)c2cnn(COCC[Si](C)(C)C)c2n1. The summed E-state index contributed by atoms with van der Waals surface area (Å²) < 4.78 is 29.8. The first-order chi connectivity index (χ1) is 17.2. The number of fused-ring (bicyclic) bond motifs is 2. The molecule has 188 valence electrons. The molecule has 1 aliphatic carbocycles. The average Bonchev–Trinajstić information content (AvgIpc) is 3.28. The standard InChI is InChI=1S/C26H31FN6O2Si/c1-17-29-23(20-13-28-33(24(20)30-17)16-34-11-12-36(2,3)4)21-22(18-5-7-19(27)8-6-18)31-32-14-26(9-10-26)15-35-25(21)32/h5-8,13H,9-12,14-16H2,1-4H3. The van der Waals surface area contributed by atoms with E-state index < -0.39 is 8.07 Å². The maximum absolute atomic E-state index is 13.7. The molecular formula is C26H31FN6O2Si. The third-order valence-electron chi connectivity index (χ3n) is 7.04. The molecular weight excluding hydrogens is 475 g/mol. The van der Waals surface area contributed by atoms with Gasteiger partial charge in [0.25, 0.3) is 0 Å². The van der Waals surface area contributed by atoms with Crippen molar-refractivity contribution in [2.75, 3.05) is 13.2 Å². The first-order valence-electron chi connectivity index (χ1n) is 12.5. The molecule has 0 unspecified atom stereocenters. The highest BCUT2D eigenvalue weighted by Gasteiger charge is 2.48. The molecule has 0 saturated heterocycles. The van der Waals surface area contributed by atoms with Gasteiger partial charge >= 0.3 is 0 Å². The molecule has 36 heavy (non-hydrogen) atoms. The quantitative estimate of drug-likeness (QED) is 0.250. The van der Waals surface area contributed by atoms with Crippen LogP contribution in [0.4, 0.5) is 4.39 Å². The molecule has 1 aromatic carbocycles. The van der Waals surface area contributed by atoms with Crippen LogP contribution in [0.1, 0.15) is 18.7 Å². The summed E-state index contributed by atoms with van der Waals surface area (Å²) in [6.07, 6.45) is 4.08. The Hall–Kier alpha value is -3.11. The van der Waals surface area contributed by atoms with Gasteiger partial charge in [-0.3, -0.25) is 0 Å². The van der Waals surface area contributed by atoms with E-state index in [1.54, 1.807) is 23.0 Å². The molecule has 6 rings (SSSR count). The zero-order valence-electron chi connectivity index (χ0n) is 21.2. The molecule has 0 radical (unpaired) electrons. The fraction of sp³-hybridized carbons (Fsp3) is 0.462. The normalized spacial score (nSPS) is 16.4. The van der Waals surface area contributed by atoms with Crippen molar-refractivity contribution in [1.29, 1.82) is 0 Å². The topological polar surface area (TPSA) is 79.9 Å². The minimum absolute atomic E-state index is 0.186. The van der Waals surface area contributed by atoms with E-state index >= 15 is 0 Å². The maximum atomic E-state index is 13.7. The highest BCUT2D eigenvalue weighted by molar-refractivity contribution is 6.76. The minimum Gasteiger partial charge on any atom is -0.477 e. The van der Waals surface area contributed by atoms with E-state index in [4.69, 9.17) is 24.5 Å². The third-order valence-corrected chi connectivity index (χ3v) is 8.74. The predicted molar refractivity (Wildman–Crippen MR) is 138 cm³/mol. The Kier molecular flexibility index (Phi) is 5.49. The van der Waals surface area contributed by atoms with Crippen molar-refractivity contribution >= 4 is 19.1 Å². The second kappa shape index (κ2) is 8.48. The Labute approximate surface area is 210 Å². The lowest BCUT2D eigenvalue weighted by Crippen LogP contribution is -2.27. The first kappa shape index (κ1) is 23.3. The molecule has 0 amide bonds. The van der Waals surface area contributed by atoms with E-state index in [0.717, 1.165) is 53.3 Å². The van der Waals surface area contributed by atoms with E-state index in [9.17, 15) is 4.39 Å². The molecule has 4 heterocycles. The van der Waals surface area contributed by atoms with Gasteiger partial charge in [0.2, 0.25) is 5.88 Å². The Bertz CT molecular complexity index is 1440. The first-order valence-corrected chi connectivity index (χ1v) is 16.2. The van der Waals surface area contributed by atoms with Gasteiger partial charge in [-0.2, -0.15) is 10.2 Å². The number of aryl methyl sites for hydroxylation is 1. The van der Waals surface area contributed by atoms with Gasteiger partial charge in [0, 0.05) is 25.7 Å². The van der Waals surface area contributed by atoms with Crippen LogP contribution in [-0.2, 0) is 18.0 Å². The molecule has 1 saturated carbocycles. The molecule has 1 aliphatic heterocycles. The molecule has 2 aliphatic rings. The van der Waals surface area contributed by atoms with Crippen LogP contribution >= 0.6 is 0 Å². The summed E-state index contributed by atoms with van der Waals surface area (Å²) in [4.78, 5) is 9.54. The summed E-state index contributed by atoms with van der Waals surface area (Å²) in [6, 6.07) is 7.50. The van der Waals surface area contributed by atoms with E-state index in [2.05, 4.69) is 24.7 Å². The predicted octanol–water partition coefficient (Wildman–Crippen LogP) is 5.29. The van der Waals surface area contributed by atoms with Crippen LogP contribution in [0, 0.1) is 18.2 Å². The van der Waals surface area contributed by atoms with Gasteiger partial charge in [-0.25, -0.2) is 23.7 Å². The van der Waals surface area contributed by atoms with Gasteiger partial charge < -0.3 is 9.47 Å². The van der Waals surface area contributed by atoms with Crippen molar-refractivity contribution in [3.8, 4) is 28.4 Å². The van der Waals surface area contributed by atoms with Crippen LogP contribution in [-0.4, -0.2) is 50.8 Å². The number of hydrogen-bond donors (Lipinski definition) is 0. The van der Waals surface area contributed by atoms with Gasteiger partial charge in [0.15, 0.2) is 5.65 Å². The second-order valence-electron chi connectivity index (χ2n) is 11.3. The Morgan fingerprint density at radius 2 is 1.89 bits per heavy atom. The van der Waals surface area contributed by atoms with Crippen LogP contribution in [0.3, 0.4) is 0 Å². The van der Waals surface area contributed by atoms with Crippen LogP contribution in [0.5, 0.6) is 5.88 Å². The number of aromatic nitrogens is 6. The van der Waals surface area contributed by atoms with E-state index in [1.807, 2.05) is 11.6 Å². The van der Waals surface area contributed by atoms with Crippen molar-refractivity contribution in [2.45, 2.75) is 58.7 Å². The molecule has 3 aromatic heterocycles. The summed E-state index contributed by atoms with van der Waals surface area (Å²) >= 11 is 0. The average molecular weight is 507 g/mol. The number of nitrogens with zero attached hydrogens (tertiary/aromatic N) is 6. The molecule has 10 heteroatoms. The third kappa shape index (κ3) is 4.32. The highest BCUT2D eigenvalue weighted by Crippen LogP contribution is 2.52. The van der Waals surface area contributed by atoms with E-state index in [0.29, 0.717) is 37.3 Å². The van der Waals surface area contributed by atoms with Crippen LogP contribution in [0.25, 0.3) is 33.5 Å². The molecule has 4 aromatic rings. The van der Waals surface area contributed by atoms with E-state index in [1.165, 1.54) is 12.1 Å². The number of rotatable bonds is 7. The van der Waals surface area contributed by atoms with Gasteiger partial charge in [-0.1, -0.05) is 19.6 Å². The minimum atomic E-state index is -1.18. The summed E-state index contributed by atoms with van der Waals surface area (Å²) in [5.41, 5.74) is 3.95. The lowest BCUT2D eigenvalue weighted by atomic mass is 10.0. The molecule has 0 N–H and O–H groups in total. The lowest BCUT2D eigenvalue weighted by Gasteiger charge is -2.24. The van der Waals surface area contributed by atoms with E-state index in [-0.39, 0.29) is 11.2 Å².